The molecule has 1 aromatic carbocycles. The summed E-state index contributed by atoms with van der Waals surface area (Å²) in [6.07, 6.45) is 6.62. The molecular formula is C23H21ClN4O3. The van der Waals surface area contributed by atoms with Crippen LogP contribution in [-0.4, -0.2) is 34.4 Å². The lowest BCUT2D eigenvalue weighted by Gasteiger charge is -2.11. The molecule has 31 heavy (non-hydrogen) atoms. The number of ether oxygens (including phenoxy) is 1. The number of benzene rings is 1. The summed E-state index contributed by atoms with van der Waals surface area (Å²) in [6.45, 7) is 2.39. The van der Waals surface area contributed by atoms with Crippen molar-refractivity contribution in [1.82, 2.24) is 15.3 Å². The third kappa shape index (κ3) is 5.00. The number of aromatic nitrogens is 2. The predicted octanol–water partition coefficient (Wildman–Crippen LogP) is 4.34. The lowest BCUT2D eigenvalue weighted by Crippen LogP contribution is -2.26. The van der Waals surface area contributed by atoms with Crippen molar-refractivity contribution in [1.29, 1.82) is 0 Å². The van der Waals surface area contributed by atoms with E-state index in [1.54, 1.807) is 30.6 Å². The van der Waals surface area contributed by atoms with Crippen LogP contribution in [-0.2, 0) is 0 Å². The Morgan fingerprint density at radius 3 is 2.77 bits per heavy atom. The predicted molar refractivity (Wildman–Crippen MR) is 119 cm³/mol. The topological polar surface area (TPSA) is 93.2 Å². The smallest absolute Gasteiger partial charge is 0.270 e. The summed E-state index contributed by atoms with van der Waals surface area (Å²) in [5.41, 5.74) is 2.53. The van der Waals surface area contributed by atoms with Crippen LogP contribution in [0.25, 0.3) is 11.1 Å². The largest absolute Gasteiger partial charge is 0.492 e. The molecule has 2 amide bonds. The highest BCUT2D eigenvalue weighted by Gasteiger charge is 2.24. The highest BCUT2D eigenvalue weighted by molar-refractivity contribution is 6.34. The monoisotopic (exact) mass is 436 g/mol. The molecule has 0 spiro atoms. The maximum absolute atomic E-state index is 12.7. The fraction of sp³-hybridized carbons (Fsp3) is 0.217. The van der Waals surface area contributed by atoms with Crippen molar-refractivity contribution in [3.05, 3.63) is 71.3 Å². The van der Waals surface area contributed by atoms with E-state index >= 15 is 0 Å². The van der Waals surface area contributed by atoms with Crippen molar-refractivity contribution in [3.63, 3.8) is 0 Å². The molecule has 0 bridgehead atoms. The van der Waals surface area contributed by atoms with E-state index in [2.05, 4.69) is 20.6 Å². The van der Waals surface area contributed by atoms with Crippen LogP contribution in [0.1, 0.15) is 40.6 Å². The summed E-state index contributed by atoms with van der Waals surface area (Å²) < 4.78 is 5.55. The summed E-state index contributed by atoms with van der Waals surface area (Å²) in [7, 11) is 0. The number of nitrogens with one attached hydrogen (secondary N) is 2. The summed E-state index contributed by atoms with van der Waals surface area (Å²) in [4.78, 5) is 33.2. The molecule has 0 unspecified atom stereocenters. The van der Waals surface area contributed by atoms with Gasteiger partial charge in [-0.05, 0) is 44.0 Å². The van der Waals surface area contributed by atoms with Crippen LogP contribution in [0, 0.1) is 0 Å². The third-order valence-electron chi connectivity index (χ3n) is 4.74. The fourth-order valence-electron chi connectivity index (χ4n) is 3.04. The van der Waals surface area contributed by atoms with Gasteiger partial charge in [-0.1, -0.05) is 23.7 Å². The fourth-order valence-corrected chi connectivity index (χ4v) is 3.33. The first-order valence-electron chi connectivity index (χ1n) is 10.00. The Balaban J connectivity index is 1.52. The second kappa shape index (κ2) is 9.14. The Kier molecular flexibility index (Phi) is 6.13. The Morgan fingerprint density at radius 1 is 1.16 bits per heavy atom. The Bertz CT molecular complexity index is 1130. The second-order valence-electron chi connectivity index (χ2n) is 7.14. The minimum absolute atomic E-state index is 0.214. The molecule has 4 rings (SSSR count). The first kappa shape index (κ1) is 20.8. The zero-order chi connectivity index (χ0) is 21.8. The van der Waals surface area contributed by atoms with Crippen LogP contribution in [0.2, 0.25) is 5.02 Å². The number of hydrogen-bond donors (Lipinski definition) is 2. The molecule has 1 aliphatic rings. The zero-order valence-corrected chi connectivity index (χ0v) is 17.6. The molecule has 158 valence electrons. The number of carbonyl (C=O) groups excluding carboxylic acids is 2. The van der Waals surface area contributed by atoms with Crippen LogP contribution >= 0.6 is 11.6 Å². The first-order chi connectivity index (χ1) is 15.0. The minimum Gasteiger partial charge on any atom is -0.492 e. The van der Waals surface area contributed by atoms with E-state index in [9.17, 15) is 9.59 Å². The van der Waals surface area contributed by atoms with Crippen molar-refractivity contribution in [2.45, 2.75) is 25.8 Å². The number of rotatable bonds is 7. The normalized spacial score (nSPS) is 12.8. The van der Waals surface area contributed by atoms with Gasteiger partial charge in [0, 0.05) is 35.1 Å². The quantitative estimate of drug-likeness (QED) is 0.574. The van der Waals surface area contributed by atoms with Gasteiger partial charge in [-0.15, -0.1) is 0 Å². The number of hydrogen-bond acceptors (Lipinski definition) is 5. The van der Waals surface area contributed by atoms with Crippen molar-refractivity contribution in [2.75, 3.05) is 11.9 Å². The van der Waals surface area contributed by atoms with Crippen molar-refractivity contribution < 1.29 is 14.3 Å². The SMILES string of the molecule is CCOc1cccc(-c2cncc(NC(=O)c3ccnc(C(=O)NC4CC4)c3)c2)c1Cl. The van der Waals surface area contributed by atoms with Gasteiger partial charge in [0.05, 0.1) is 23.5 Å². The van der Waals surface area contributed by atoms with Crippen molar-refractivity contribution in [2.24, 2.45) is 0 Å². The van der Waals surface area contributed by atoms with Gasteiger partial charge in [0.15, 0.2) is 0 Å². The third-order valence-corrected chi connectivity index (χ3v) is 5.13. The highest BCUT2D eigenvalue weighted by atomic mass is 35.5. The summed E-state index contributed by atoms with van der Waals surface area (Å²) in [5, 5.41) is 6.16. The molecule has 1 fully saturated rings. The van der Waals surface area contributed by atoms with E-state index in [4.69, 9.17) is 16.3 Å². The average Bonchev–Trinajstić information content (AvgIpc) is 3.59. The van der Waals surface area contributed by atoms with Gasteiger partial charge in [0.25, 0.3) is 11.8 Å². The Morgan fingerprint density at radius 2 is 2.00 bits per heavy atom. The molecule has 2 heterocycles. The van der Waals surface area contributed by atoms with E-state index in [-0.39, 0.29) is 23.6 Å². The van der Waals surface area contributed by atoms with Crippen LogP contribution in [0.3, 0.4) is 0 Å². The number of nitrogens with zero attached hydrogens (tertiary/aromatic N) is 2. The van der Waals surface area contributed by atoms with Crippen LogP contribution in [0.15, 0.2) is 55.0 Å². The lowest BCUT2D eigenvalue weighted by molar-refractivity contribution is 0.0946. The molecule has 1 aliphatic carbocycles. The molecule has 0 radical (unpaired) electrons. The summed E-state index contributed by atoms with van der Waals surface area (Å²) in [6, 6.07) is 10.5. The van der Waals surface area contributed by atoms with Crippen molar-refractivity contribution >= 4 is 29.1 Å². The number of halogens is 1. The van der Waals surface area contributed by atoms with Crippen LogP contribution in [0.5, 0.6) is 5.75 Å². The van der Waals surface area contributed by atoms with E-state index < -0.39 is 0 Å². The standard InChI is InChI=1S/C23H21ClN4O3/c1-2-31-20-5-3-4-18(21(20)24)15-10-17(13-25-12-15)28-22(29)14-8-9-26-19(11-14)23(30)27-16-6-7-16/h3-5,8-13,16H,2,6-7H2,1H3,(H,27,30)(H,28,29). The van der Waals surface area contributed by atoms with Gasteiger partial charge < -0.3 is 15.4 Å². The molecule has 0 aliphatic heterocycles. The minimum atomic E-state index is -0.365. The van der Waals surface area contributed by atoms with Gasteiger partial charge in [0.2, 0.25) is 0 Å². The molecule has 1 saturated carbocycles. The number of pyridine rings is 2. The van der Waals surface area contributed by atoms with E-state index in [1.165, 1.54) is 12.3 Å². The average molecular weight is 437 g/mol. The van der Waals surface area contributed by atoms with Gasteiger partial charge in [-0.3, -0.25) is 19.6 Å². The number of carbonyl (C=O) groups is 2. The lowest BCUT2D eigenvalue weighted by atomic mass is 10.1. The van der Waals surface area contributed by atoms with Gasteiger partial charge >= 0.3 is 0 Å². The molecule has 0 atom stereocenters. The number of anilines is 1. The van der Waals surface area contributed by atoms with E-state index in [0.717, 1.165) is 24.0 Å². The molecule has 2 N–H and O–H groups in total. The van der Waals surface area contributed by atoms with Crippen molar-refractivity contribution in [3.8, 4) is 16.9 Å². The molecule has 0 saturated heterocycles. The maximum atomic E-state index is 12.7. The zero-order valence-electron chi connectivity index (χ0n) is 16.9. The highest BCUT2D eigenvalue weighted by Crippen LogP contribution is 2.35. The summed E-state index contributed by atoms with van der Waals surface area (Å²) >= 11 is 6.48. The maximum Gasteiger partial charge on any atom is 0.270 e. The summed E-state index contributed by atoms with van der Waals surface area (Å²) in [5.74, 6) is -0.0504. The second-order valence-corrected chi connectivity index (χ2v) is 7.52. The Hall–Kier alpha value is -3.45. The molecular weight excluding hydrogens is 416 g/mol. The van der Waals surface area contributed by atoms with Gasteiger partial charge in [-0.2, -0.15) is 0 Å². The van der Waals surface area contributed by atoms with E-state index in [0.29, 0.717) is 28.6 Å². The van der Waals surface area contributed by atoms with Gasteiger partial charge in [0.1, 0.15) is 11.4 Å². The van der Waals surface area contributed by atoms with Crippen LogP contribution < -0.4 is 15.4 Å². The molecule has 3 aromatic rings. The van der Waals surface area contributed by atoms with Gasteiger partial charge in [-0.25, -0.2) is 0 Å². The Labute approximate surface area is 184 Å². The molecule has 7 nitrogen and oxygen atoms in total. The first-order valence-corrected chi connectivity index (χ1v) is 10.4. The number of amides is 2. The van der Waals surface area contributed by atoms with E-state index in [1.807, 2.05) is 19.1 Å². The van der Waals surface area contributed by atoms with Crippen LogP contribution in [0.4, 0.5) is 5.69 Å². The molecule has 8 heteroatoms. The molecule has 2 aromatic heterocycles.